The molecule has 0 amide bonds. The van der Waals surface area contributed by atoms with Crippen molar-refractivity contribution in [1.82, 2.24) is 0 Å². The first-order chi connectivity index (χ1) is 14.0. The van der Waals surface area contributed by atoms with Gasteiger partial charge in [0, 0.05) is 29.6 Å². The van der Waals surface area contributed by atoms with Gasteiger partial charge in [0.05, 0.1) is 29.6 Å². The van der Waals surface area contributed by atoms with Crippen molar-refractivity contribution in [1.29, 1.82) is 5.26 Å². The molecule has 29 heavy (non-hydrogen) atoms. The van der Waals surface area contributed by atoms with Gasteiger partial charge in [0.15, 0.2) is 0 Å². The molecule has 1 aliphatic heterocycles. The number of hydrogen-bond acceptors (Lipinski definition) is 4. The second-order valence-corrected chi connectivity index (χ2v) is 7.40. The fourth-order valence-electron chi connectivity index (χ4n) is 4.35. The molecule has 0 fully saturated rings. The number of rotatable bonds is 1. The van der Waals surface area contributed by atoms with E-state index in [2.05, 4.69) is 52.8 Å². The Morgan fingerprint density at radius 1 is 1.07 bits per heavy atom. The number of furan rings is 1. The predicted molar refractivity (Wildman–Crippen MR) is 116 cm³/mol. The van der Waals surface area contributed by atoms with Crippen LogP contribution in [0.25, 0.3) is 26.8 Å². The SMILES string of the molecule is [C-]#[N+]c1ccc2c(c1C#N)N(C)[C@H](C)N2c1cc2oc3ccccc3c2cc1C. The molecule has 0 saturated heterocycles. The van der Waals surface area contributed by atoms with E-state index in [4.69, 9.17) is 11.0 Å². The number of fused-ring (bicyclic) bond motifs is 4. The quantitative estimate of drug-likeness (QED) is 0.367. The van der Waals surface area contributed by atoms with Crippen LogP contribution in [0.5, 0.6) is 0 Å². The summed E-state index contributed by atoms with van der Waals surface area (Å²) in [5, 5.41) is 11.9. The molecule has 0 spiro atoms. The molecule has 5 heteroatoms. The van der Waals surface area contributed by atoms with Gasteiger partial charge in [0.1, 0.15) is 17.3 Å². The second-order valence-electron chi connectivity index (χ2n) is 7.40. The van der Waals surface area contributed by atoms with Gasteiger partial charge in [-0.1, -0.05) is 24.3 Å². The van der Waals surface area contributed by atoms with Crippen molar-refractivity contribution in [3.8, 4) is 6.07 Å². The first-order valence-electron chi connectivity index (χ1n) is 9.43. The number of para-hydroxylation sites is 1. The van der Waals surface area contributed by atoms with Crippen molar-refractivity contribution < 1.29 is 4.42 Å². The minimum absolute atomic E-state index is 0.00129. The van der Waals surface area contributed by atoms with Gasteiger partial charge in [0.2, 0.25) is 5.69 Å². The van der Waals surface area contributed by atoms with Gasteiger partial charge in [-0.2, -0.15) is 5.26 Å². The van der Waals surface area contributed by atoms with E-state index in [0.29, 0.717) is 11.3 Å². The van der Waals surface area contributed by atoms with Crippen molar-refractivity contribution in [3.05, 3.63) is 71.1 Å². The standard InChI is InChI=1S/C24H18N4O/c1-14-11-17-16-7-5-6-8-22(16)29-23(17)12-21(14)28-15(2)27(4)24-18(13-25)19(26-3)9-10-20(24)28/h5-12,15H,1-2,4H3/t15-/m0/s1. The van der Waals surface area contributed by atoms with Crippen LogP contribution in [0.15, 0.2) is 52.9 Å². The molecule has 5 nitrogen and oxygen atoms in total. The Morgan fingerprint density at radius 2 is 1.86 bits per heavy atom. The van der Waals surface area contributed by atoms with Gasteiger partial charge < -0.3 is 14.2 Å². The number of anilines is 3. The van der Waals surface area contributed by atoms with Crippen LogP contribution in [0.3, 0.4) is 0 Å². The van der Waals surface area contributed by atoms with Crippen LogP contribution in [-0.4, -0.2) is 13.2 Å². The number of nitriles is 1. The van der Waals surface area contributed by atoms with Crippen molar-refractivity contribution in [2.75, 3.05) is 16.8 Å². The normalized spacial score (nSPS) is 15.6. The van der Waals surface area contributed by atoms with E-state index >= 15 is 0 Å². The van der Waals surface area contributed by atoms with E-state index in [1.54, 1.807) is 6.07 Å². The number of nitrogens with zero attached hydrogens (tertiary/aromatic N) is 4. The molecule has 1 atom stereocenters. The highest BCUT2D eigenvalue weighted by Gasteiger charge is 2.35. The summed E-state index contributed by atoms with van der Waals surface area (Å²) in [5.41, 5.74) is 6.43. The molecule has 4 aromatic rings. The minimum atomic E-state index is -0.00129. The molecule has 1 aliphatic rings. The maximum absolute atomic E-state index is 9.70. The van der Waals surface area contributed by atoms with Crippen molar-refractivity contribution in [2.24, 2.45) is 0 Å². The Kier molecular flexibility index (Phi) is 3.56. The Bertz CT molecular complexity index is 1390. The highest BCUT2D eigenvalue weighted by atomic mass is 16.3. The molecule has 140 valence electrons. The zero-order valence-corrected chi connectivity index (χ0v) is 16.4. The summed E-state index contributed by atoms with van der Waals surface area (Å²) in [4.78, 5) is 7.80. The predicted octanol–water partition coefficient (Wildman–Crippen LogP) is 6.25. The van der Waals surface area contributed by atoms with E-state index in [0.717, 1.165) is 44.6 Å². The summed E-state index contributed by atoms with van der Waals surface area (Å²) in [6.07, 6.45) is -0.00129. The van der Waals surface area contributed by atoms with Gasteiger partial charge in [-0.25, -0.2) is 4.85 Å². The molecule has 0 unspecified atom stereocenters. The summed E-state index contributed by atoms with van der Waals surface area (Å²) in [7, 11) is 1.97. The molecule has 0 bridgehead atoms. The maximum Gasteiger partial charge on any atom is 0.206 e. The summed E-state index contributed by atoms with van der Waals surface area (Å²) in [5.74, 6) is 0. The highest BCUT2D eigenvalue weighted by molar-refractivity contribution is 6.06. The average Bonchev–Trinajstić information content (AvgIpc) is 3.21. The van der Waals surface area contributed by atoms with Gasteiger partial charge in [-0.3, -0.25) is 0 Å². The van der Waals surface area contributed by atoms with Crippen LogP contribution in [0.2, 0.25) is 0 Å². The first kappa shape index (κ1) is 17.2. The lowest BCUT2D eigenvalue weighted by atomic mass is 10.1. The van der Waals surface area contributed by atoms with Gasteiger partial charge in [-0.05, 0) is 37.6 Å². The average molecular weight is 378 g/mol. The summed E-state index contributed by atoms with van der Waals surface area (Å²) >= 11 is 0. The number of aryl methyl sites for hydroxylation is 1. The third-order valence-electron chi connectivity index (χ3n) is 5.87. The third kappa shape index (κ3) is 2.25. The monoisotopic (exact) mass is 378 g/mol. The van der Waals surface area contributed by atoms with Crippen molar-refractivity contribution in [3.63, 3.8) is 0 Å². The van der Waals surface area contributed by atoms with Crippen LogP contribution in [0, 0.1) is 24.8 Å². The van der Waals surface area contributed by atoms with Crippen LogP contribution < -0.4 is 9.80 Å². The molecule has 0 radical (unpaired) electrons. The van der Waals surface area contributed by atoms with Crippen LogP contribution >= 0.6 is 0 Å². The second kappa shape index (κ2) is 6.02. The fourth-order valence-corrected chi connectivity index (χ4v) is 4.35. The zero-order chi connectivity index (χ0) is 20.3. The zero-order valence-electron chi connectivity index (χ0n) is 16.4. The Balaban J connectivity index is 1.76. The highest BCUT2D eigenvalue weighted by Crippen LogP contribution is 2.49. The molecule has 1 aromatic heterocycles. The maximum atomic E-state index is 9.70. The van der Waals surface area contributed by atoms with Crippen molar-refractivity contribution in [2.45, 2.75) is 20.0 Å². The minimum Gasteiger partial charge on any atom is -0.456 e. The van der Waals surface area contributed by atoms with Gasteiger partial charge >= 0.3 is 0 Å². The lowest BCUT2D eigenvalue weighted by molar-refractivity contribution is 0.668. The molecular formula is C24H18N4O. The van der Waals surface area contributed by atoms with Crippen molar-refractivity contribution >= 4 is 44.7 Å². The smallest absolute Gasteiger partial charge is 0.206 e. The van der Waals surface area contributed by atoms with Crippen LogP contribution in [0.1, 0.15) is 18.1 Å². The molecular weight excluding hydrogens is 360 g/mol. The molecule has 0 saturated carbocycles. The van der Waals surface area contributed by atoms with E-state index < -0.39 is 0 Å². The Labute approximate surface area is 168 Å². The number of hydrogen-bond donors (Lipinski definition) is 0. The Hall–Kier alpha value is -3.96. The summed E-state index contributed by atoms with van der Waals surface area (Å²) < 4.78 is 6.11. The molecule has 0 N–H and O–H groups in total. The molecule has 3 aromatic carbocycles. The van der Waals surface area contributed by atoms with Gasteiger partial charge in [0.25, 0.3) is 0 Å². The number of benzene rings is 3. The van der Waals surface area contributed by atoms with E-state index in [1.165, 1.54) is 0 Å². The lowest BCUT2D eigenvalue weighted by Gasteiger charge is -2.29. The first-order valence-corrected chi connectivity index (χ1v) is 9.43. The van der Waals surface area contributed by atoms with E-state index in [9.17, 15) is 5.26 Å². The van der Waals surface area contributed by atoms with Gasteiger partial charge in [-0.15, -0.1) is 0 Å². The Morgan fingerprint density at radius 3 is 2.62 bits per heavy atom. The summed E-state index contributed by atoms with van der Waals surface area (Å²) in [6.45, 7) is 11.6. The molecule has 5 rings (SSSR count). The topological polar surface area (TPSA) is 47.8 Å². The van der Waals surface area contributed by atoms with Crippen LogP contribution in [-0.2, 0) is 0 Å². The van der Waals surface area contributed by atoms with Crippen LogP contribution in [0.4, 0.5) is 22.7 Å². The fraction of sp³-hybridized carbons (Fsp3) is 0.167. The largest absolute Gasteiger partial charge is 0.456 e. The summed E-state index contributed by atoms with van der Waals surface area (Å²) in [6, 6.07) is 18.2. The van der Waals surface area contributed by atoms with E-state index in [-0.39, 0.29) is 6.17 Å². The van der Waals surface area contributed by atoms with E-state index in [1.807, 2.05) is 31.3 Å². The molecule has 0 aliphatic carbocycles. The third-order valence-corrected chi connectivity index (χ3v) is 5.87. The lowest BCUT2D eigenvalue weighted by Crippen LogP contribution is -2.36. The molecule has 2 heterocycles.